The Bertz CT molecular complexity index is 594. The molecule has 0 radical (unpaired) electrons. The number of amides is 2. The molecule has 1 aromatic carbocycles. The zero-order valence-corrected chi connectivity index (χ0v) is 12.4. The molecule has 1 aliphatic heterocycles. The quantitative estimate of drug-likeness (QED) is 0.912. The fourth-order valence-electron chi connectivity index (χ4n) is 2.23. The highest BCUT2D eigenvalue weighted by atomic mass is 32.1. The Hall–Kier alpha value is -1.92. The highest BCUT2D eigenvalue weighted by Gasteiger charge is 2.16. The van der Waals surface area contributed by atoms with E-state index in [1.165, 1.54) is 11.3 Å². The number of nitrogens with zero attached hydrogens (tertiary/aromatic N) is 1. The second-order valence-electron chi connectivity index (χ2n) is 4.87. The van der Waals surface area contributed by atoms with E-state index in [0.29, 0.717) is 11.7 Å². The van der Waals surface area contributed by atoms with Crippen molar-refractivity contribution in [3.8, 4) is 11.3 Å². The first-order chi connectivity index (χ1) is 10.3. The smallest absolute Gasteiger partial charge is 0.321 e. The summed E-state index contributed by atoms with van der Waals surface area (Å²) in [6.45, 7) is 1.34. The number of carbonyl (C=O) groups is 1. The molecule has 2 aromatic rings. The molecule has 1 saturated heterocycles. The van der Waals surface area contributed by atoms with E-state index in [9.17, 15) is 4.79 Å². The van der Waals surface area contributed by atoms with Crippen molar-refractivity contribution in [2.24, 2.45) is 0 Å². The summed E-state index contributed by atoms with van der Waals surface area (Å²) in [6, 6.07) is 9.66. The maximum Gasteiger partial charge on any atom is 0.321 e. The van der Waals surface area contributed by atoms with Gasteiger partial charge in [0.2, 0.25) is 0 Å². The molecule has 2 N–H and O–H groups in total. The lowest BCUT2D eigenvalue weighted by atomic mass is 10.2. The molecular formula is C15H17N3O2S. The van der Waals surface area contributed by atoms with E-state index < -0.39 is 0 Å². The van der Waals surface area contributed by atoms with Crippen LogP contribution in [0.1, 0.15) is 12.8 Å². The summed E-state index contributed by atoms with van der Waals surface area (Å²) >= 11 is 1.42. The Kier molecular flexibility index (Phi) is 4.47. The number of anilines is 1. The van der Waals surface area contributed by atoms with Crippen LogP contribution in [-0.4, -0.2) is 30.3 Å². The van der Waals surface area contributed by atoms with E-state index in [2.05, 4.69) is 15.6 Å². The summed E-state index contributed by atoms with van der Waals surface area (Å²) in [5, 5.41) is 8.10. The Balaban J connectivity index is 1.53. The van der Waals surface area contributed by atoms with Gasteiger partial charge in [0.15, 0.2) is 5.13 Å². The van der Waals surface area contributed by atoms with Crippen LogP contribution in [-0.2, 0) is 4.74 Å². The lowest BCUT2D eigenvalue weighted by Gasteiger charge is -2.10. The van der Waals surface area contributed by atoms with E-state index in [4.69, 9.17) is 4.74 Å². The van der Waals surface area contributed by atoms with Gasteiger partial charge in [-0.3, -0.25) is 5.32 Å². The lowest BCUT2D eigenvalue weighted by molar-refractivity contribution is 0.112. The van der Waals surface area contributed by atoms with Crippen molar-refractivity contribution in [3.63, 3.8) is 0 Å². The summed E-state index contributed by atoms with van der Waals surface area (Å²) in [5.41, 5.74) is 1.91. The number of hydrogen-bond donors (Lipinski definition) is 2. The number of nitrogens with one attached hydrogen (secondary N) is 2. The Morgan fingerprint density at radius 3 is 3.00 bits per heavy atom. The normalized spacial score (nSPS) is 17.6. The molecular weight excluding hydrogens is 286 g/mol. The minimum atomic E-state index is -0.237. The largest absolute Gasteiger partial charge is 0.376 e. The summed E-state index contributed by atoms with van der Waals surface area (Å²) in [7, 11) is 0. The van der Waals surface area contributed by atoms with Gasteiger partial charge in [0.25, 0.3) is 0 Å². The molecule has 2 heterocycles. The first kappa shape index (κ1) is 14.0. The highest BCUT2D eigenvalue weighted by Crippen LogP contribution is 2.24. The number of urea groups is 1. The number of carbonyl (C=O) groups excluding carboxylic acids is 1. The van der Waals surface area contributed by atoms with Crippen LogP contribution in [0.2, 0.25) is 0 Å². The van der Waals surface area contributed by atoms with Gasteiger partial charge in [-0.2, -0.15) is 0 Å². The Labute approximate surface area is 127 Å². The van der Waals surface area contributed by atoms with Gasteiger partial charge in [-0.1, -0.05) is 30.3 Å². The van der Waals surface area contributed by atoms with Crippen LogP contribution >= 0.6 is 11.3 Å². The molecule has 1 atom stereocenters. The molecule has 21 heavy (non-hydrogen) atoms. The summed E-state index contributed by atoms with van der Waals surface area (Å²) in [5.74, 6) is 0. The third-order valence-corrected chi connectivity index (χ3v) is 4.07. The first-order valence-electron chi connectivity index (χ1n) is 6.98. The summed E-state index contributed by atoms with van der Waals surface area (Å²) in [4.78, 5) is 16.2. The molecule has 1 aromatic heterocycles. The molecule has 0 saturated carbocycles. The van der Waals surface area contributed by atoms with Gasteiger partial charge in [-0.15, -0.1) is 11.3 Å². The summed E-state index contributed by atoms with van der Waals surface area (Å²) < 4.78 is 5.46. The number of benzene rings is 1. The van der Waals surface area contributed by atoms with Crippen LogP contribution in [0.25, 0.3) is 11.3 Å². The number of thiazole rings is 1. The third kappa shape index (κ3) is 3.80. The van der Waals surface area contributed by atoms with Crippen molar-refractivity contribution < 1.29 is 9.53 Å². The fraction of sp³-hybridized carbons (Fsp3) is 0.333. The predicted octanol–water partition coefficient (Wildman–Crippen LogP) is 3.11. The van der Waals surface area contributed by atoms with Crippen molar-refractivity contribution >= 4 is 22.5 Å². The topological polar surface area (TPSA) is 63.2 Å². The Morgan fingerprint density at radius 1 is 1.38 bits per heavy atom. The fourth-order valence-corrected chi connectivity index (χ4v) is 2.94. The molecule has 1 fully saturated rings. The van der Waals surface area contributed by atoms with Crippen LogP contribution in [0.15, 0.2) is 35.7 Å². The van der Waals surface area contributed by atoms with Crippen molar-refractivity contribution in [1.29, 1.82) is 0 Å². The maximum absolute atomic E-state index is 11.8. The average Bonchev–Trinajstić information content (AvgIpc) is 3.17. The predicted molar refractivity (Wildman–Crippen MR) is 83.5 cm³/mol. The average molecular weight is 303 g/mol. The van der Waals surface area contributed by atoms with Crippen molar-refractivity contribution in [2.45, 2.75) is 18.9 Å². The van der Waals surface area contributed by atoms with Crippen molar-refractivity contribution in [3.05, 3.63) is 35.7 Å². The van der Waals surface area contributed by atoms with E-state index in [1.807, 2.05) is 35.7 Å². The Morgan fingerprint density at radius 2 is 2.24 bits per heavy atom. The van der Waals surface area contributed by atoms with Gasteiger partial charge in [0, 0.05) is 24.1 Å². The van der Waals surface area contributed by atoms with Gasteiger partial charge in [-0.05, 0) is 12.8 Å². The maximum atomic E-state index is 11.8. The van der Waals surface area contributed by atoms with Crippen LogP contribution in [0, 0.1) is 0 Å². The first-order valence-corrected chi connectivity index (χ1v) is 7.86. The molecule has 2 amide bonds. The molecule has 5 nitrogen and oxygen atoms in total. The van der Waals surface area contributed by atoms with Crippen LogP contribution < -0.4 is 10.6 Å². The van der Waals surface area contributed by atoms with Gasteiger partial charge in [0.05, 0.1) is 11.8 Å². The van der Waals surface area contributed by atoms with Crippen LogP contribution in [0.3, 0.4) is 0 Å². The molecule has 6 heteroatoms. The minimum absolute atomic E-state index is 0.145. The molecule has 110 valence electrons. The molecule has 3 rings (SSSR count). The van der Waals surface area contributed by atoms with E-state index in [0.717, 1.165) is 30.7 Å². The second-order valence-corrected chi connectivity index (χ2v) is 5.73. The third-order valence-electron chi connectivity index (χ3n) is 3.31. The number of aromatic nitrogens is 1. The van der Waals surface area contributed by atoms with Crippen molar-refractivity contribution in [2.75, 3.05) is 18.5 Å². The zero-order valence-electron chi connectivity index (χ0n) is 11.5. The van der Waals surface area contributed by atoms with E-state index in [1.54, 1.807) is 0 Å². The van der Waals surface area contributed by atoms with Crippen LogP contribution in [0.5, 0.6) is 0 Å². The van der Waals surface area contributed by atoms with Crippen LogP contribution in [0.4, 0.5) is 9.93 Å². The highest BCUT2D eigenvalue weighted by molar-refractivity contribution is 7.14. The molecule has 0 spiro atoms. The van der Waals surface area contributed by atoms with Gasteiger partial charge in [-0.25, -0.2) is 9.78 Å². The van der Waals surface area contributed by atoms with E-state index in [-0.39, 0.29) is 12.1 Å². The molecule has 1 unspecified atom stereocenters. The SMILES string of the molecule is O=C(NCC1CCCO1)Nc1nc(-c2ccccc2)cs1. The molecule has 1 aliphatic rings. The number of rotatable bonds is 4. The van der Waals surface area contributed by atoms with Gasteiger partial charge in [0.1, 0.15) is 0 Å². The zero-order chi connectivity index (χ0) is 14.5. The number of ether oxygens (including phenoxy) is 1. The van der Waals surface area contributed by atoms with Gasteiger partial charge < -0.3 is 10.1 Å². The lowest BCUT2D eigenvalue weighted by Crippen LogP contribution is -2.34. The van der Waals surface area contributed by atoms with Gasteiger partial charge >= 0.3 is 6.03 Å². The van der Waals surface area contributed by atoms with Crippen molar-refractivity contribution in [1.82, 2.24) is 10.3 Å². The number of hydrogen-bond acceptors (Lipinski definition) is 4. The minimum Gasteiger partial charge on any atom is -0.376 e. The second kappa shape index (κ2) is 6.69. The monoisotopic (exact) mass is 303 g/mol. The van der Waals surface area contributed by atoms with E-state index >= 15 is 0 Å². The summed E-state index contributed by atoms with van der Waals surface area (Å²) in [6.07, 6.45) is 2.23. The standard InChI is InChI=1S/C15H17N3O2S/c19-14(16-9-12-7-4-8-20-12)18-15-17-13(10-21-15)11-5-2-1-3-6-11/h1-3,5-6,10,12H,4,7-9H2,(H2,16,17,18,19). The molecule has 0 bridgehead atoms. The molecule has 0 aliphatic carbocycles.